The largest absolute Gasteiger partial charge is 0.393 e. The molecule has 0 bridgehead atoms. The molecule has 0 saturated carbocycles. The first-order valence-electron chi connectivity index (χ1n) is 8.87. The first-order valence-corrected chi connectivity index (χ1v) is 9.68. The molecular weight excluding hydrogens is 384 g/mol. The zero-order chi connectivity index (χ0) is 20.2. The number of nitrogens with one attached hydrogen (secondary N) is 2. The second-order valence-corrected chi connectivity index (χ2v) is 7.35. The molecule has 2 aromatic heterocycles. The molecular formula is C21H18N6OS. The molecule has 144 valence electrons. The third-order valence-corrected chi connectivity index (χ3v) is 5.33. The van der Waals surface area contributed by atoms with Gasteiger partial charge in [-0.1, -0.05) is 47.7 Å². The molecule has 2 aromatic carbocycles. The van der Waals surface area contributed by atoms with Crippen LogP contribution in [0.4, 0.5) is 11.5 Å². The van der Waals surface area contributed by atoms with Gasteiger partial charge in [0.05, 0.1) is 5.52 Å². The van der Waals surface area contributed by atoms with E-state index in [0.717, 1.165) is 21.4 Å². The van der Waals surface area contributed by atoms with E-state index in [-0.39, 0.29) is 5.91 Å². The molecule has 4 rings (SSSR count). The van der Waals surface area contributed by atoms with Crippen molar-refractivity contribution in [1.29, 1.82) is 0 Å². The van der Waals surface area contributed by atoms with Crippen molar-refractivity contribution in [1.82, 2.24) is 20.4 Å². The Bertz CT molecular complexity index is 1170. The van der Waals surface area contributed by atoms with Crippen LogP contribution in [-0.4, -0.2) is 20.9 Å². The van der Waals surface area contributed by atoms with Crippen molar-refractivity contribution < 1.29 is 4.79 Å². The fourth-order valence-electron chi connectivity index (χ4n) is 2.72. The molecule has 0 saturated heterocycles. The number of aryl methyl sites for hydroxylation is 1. The Morgan fingerprint density at radius 2 is 1.79 bits per heavy atom. The summed E-state index contributed by atoms with van der Waals surface area (Å²) in [5.74, 6) is 0.0478. The molecule has 2 heterocycles. The van der Waals surface area contributed by atoms with E-state index in [9.17, 15) is 4.79 Å². The van der Waals surface area contributed by atoms with Crippen LogP contribution in [0.2, 0.25) is 0 Å². The molecule has 0 unspecified atom stereocenters. The highest BCUT2D eigenvalue weighted by molar-refractivity contribution is 7.99. The van der Waals surface area contributed by atoms with Crippen LogP contribution >= 0.6 is 11.8 Å². The Balaban J connectivity index is 1.53. The quantitative estimate of drug-likeness (QED) is 0.344. The molecule has 8 heteroatoms. The third kappa shape index (κ3) is 4.12. The fourth-order valence-corrected chi connectivity index (χ4v) is 3.64. The van der Waals surface area contributed by atoms with Crippen molar-refractivity contribution in [2.45, 2.75) is 16.8 Å². The van der Waals surface area contributed by atoms with Crippen LogP contribution in [-0.2, 0) is 0 Å². The number of rotatable bonds is 5. The van der Waals surface area contributed by atoms with Crippen molar-refractivity contribution >= 4 is 40.1 Å². The fraction of sp³-hybridized carbons (Fsp3) is 0.0476. The summed E-state index contributed by atoms with van der Waals surface area (Å²) in [5.41, 5.74) is 14.5. The molecule has 0 aliphatic carbocycles. The van der Waals surface area contributed by atoms with Gasteiger partial charge in [0, 0.05) is 22.0 Å². The summed E-state index contributed by atoms with van der Waals surface area (Å²) >= 11 is 1.40. The number of benzene rings is 2. The second kappa shape index (κ2) is 8.15. The first kappa shape index (κ1) is 18.7. The van der Waals surface area contributed by atoms with Crippen LogP contribution in [0.3, 0.4) is 0 Å². The van der Waals surface area contributed by atoms with Crippen LogP contribution in [0.5, 0.6) is 0 Å². The van der Waals surface area contributed by atoms with E-state index in [2.05, 4.69) is 25.8 Å². The molecule has 1 amide bonds. The van der Waals surface area contributed by atoms with Gasteiger partial charge in [0.15, 0.2) is 5.82 Å². The van der Waals surface area contributed by atoms with Crippen molar-refractivity contribution in [3.8, 4) is 0 Å². The summed E-state index contributed by atoms with van der Waals surface area (Å²) in [5, 5.41) is 1.61. The number of carbonyl (C=O) groups excluding carboxylic acids is 1. The number of para-hydroxylation sites is 1. The standard InChI is InChI=1S/C21H18N6OS/c1-13-7-9-15(10-8-13)20(28)27-26-19-17(22)21(25-12-24-19)29-16-6-2-4-14-5-3-11-23-18(14)16/h2-12H,22H2,1H3,(H,27,28)(H,24,25,26). The summed E-state index contributed by atoms with van der Waals surface area (Å²) in [7, 11) is 0. The average Bonchev–Trinajstić information content (AvgIpc) is 2.75. The summed E-state index contributed by atoms with van der Waals surface area (Å²) in [6.45, 7) is 1.96. The number of carbonyl (C=O) groups is 1. The van der Waals surface area contributed by atoms with Gasteiger partial charge in [-0.3, -0.25) is 20.6 Å². The normalized spacial score (nSPS) is 10.7. The lowest BCUT2D eigenvalue weighted by molar-refractivity contribution is 0.0962. The molecule has 0 spiro atoms. The van der Waals surface area contributed by atoms with E-state index in [1.165, 1.54) is 18.1 Å². The molecule has 7 nitrogen and oxygen atoms in total. The summed E-state index contributed by atoms with van der Waals surface area (Å²) in [6, 6.07) is 17.1. The van der Waals surface area contributed by atoms with E-state index < -0.39 is 0 Å². The number of hydrazine groups is 1. The summed E-state index contributed by atoms with van der Waals surface area (Å²) in [4.78, 5) is 26.1. The van der Waals surface area contributed by atoms with Gasteiger partial charge >= 0.3 is 0 Å². The molecule has 4 N–H and O–H groups in total. The van der Waals surface area contributed by atoms with Gasteiger partial charge in [-0.15, -0.1) is 0 Å². The molecule has 0 fully saturated rings. The zero-order valence-corrected chi connectivity index (χ0v) is 16.4. The number of hydrogen-bond acceptors (Lipinski definition) is 7. The number of fused-ring (bicyclic) bond motifs is 1. The minimum atomic E-state index is -0.282. The van der Waals surface area contributed by atoms with Gasteiger partial charge < -0.3 is 5.73 Å². The maximum atomic E-state index is 12.3. The maximum Gasteiger partial charge on any atom is 0.269 e. The molecule has 0 radical (unpaired) electrons. The Hall–Kier alpha value is -3.65. The number of hydrogen-bond donors (Lipinski definition) is 3. The minimum absolute atomic E-state index is 0.282. The lowest BCUT2D eigenvalue weighted by Gasteiger charge is -2.12. The first-order chi connectivity index (χ1) is 14.1. The van der Waals surface area contributed by atoms with Crippen molar-refractivity contribution in [2.75, 3.05) is 11.2 Å². The minimum Gasteiger partial charge on any atom is -0.393 e. The number of amides is 1. The maximum absolute atomic E-state index is 12.3. The van der Waals surface area contributed by atoms with Gasteiger partial charge in [0.1, 0.15) is 17.0 Å². The summed E-state index contributed by atoms with van der Waals surface area (Å²) < 4.78 is 0. The number of anilines is 2. The summed E-state index contributed by atoms with van der Waals surface area (Å²) in [6.07, 6.45) is 3.15. The van der Waals surface area contributed by atoms with Crippen LogP contribution in [0.15, 0.2) is 77.0 Å². The number of nitrogen functional groups attached to an aromatic ring is 1. The van der Waals surface area contributed by atoms with Crippen LogP contribution in [0.1, 0.15) is 15.9 Å². The lowest BCUT2D eigenvalue weighted by atomic mass is 10.1. The highest BCUT2D eigenvalue weighted by atomic mass is 32.2. The van der Waals surface area contributed by atoms with Crippen molar-refractivity contribution in [3.05, 3.63) is 78.2 Å². The number of aromatic nitrogens is 3. The van der Waals surface area contributed by atoms with Crippen molar-refractivity contribution in [2.24, 2.45) is 0 Å². The third-order valence-electron chi connectivity index (χ3n) is 4.26. The predicted molar refractivity (Wildman–Crippen MR) is 115 cm³/mol. The van der Waals surface area contributed by atoms with Gasteiger partial charge in [0.2, 0.25) is 0 Å². The Kier molecular flexibility index (Phi) is 5.26. The number of pyridine rings is 1. The Morgan fingerprint density at radius 3 is 2.62 bits per heavy atom. The Morgan fingerprint density at radius 1 is 1.00 bits per heavy atom. The molecule has 4 aromatic rings. The highest BCUT2D eigenvalue weighted by Crippen LogP contribution is 2.35. The topological polar surface area (TPSA) is 106 Å². The monoisotopic (exact) mass is 402 g/mol. The average molecular weight is 402 g/mol. The van der Waals surface area contributed by atoms with Gasteiger partial charge in [-0.25, -0.2) is 9.97 Å². The van der Waals surface area contributed by atoms with E-state index in [1.54, 1.807) is 18.3 Å². The molecule has 0 aliphatic rings. The van der Waals surface area contributed by atoms with E-state index in [0.29, 0.717) is 22.1 Å². The van der Waals surface area contributed by atoms with E-state index >= 15 is 0 Å². The predicted octanol–water partition coefficient (Wildman–Crippen LogP) is 3.82. The van der Waals surface area contributed by atoms with Gasteiger partial charge in [-0.05, 0) is 31.2 Å². The lowest BCUT2D eigenvalue weighted by Crippen LogP contribution is -2.30. The number of nitrogens with zero attached hydrogens (tertiary/aromatic N) is 3. The second-order valence-electron chi connectivity index (χ2n) is 6.32. The number of nitrogens with two attached hydrogens (primary N) is 1. The van der Waals surface area contributed by atoms with Crippen molar-refractivity contribution in [3.63, 3.8) is 0 Å². The van der Waals surface area contributed by atoms with Gasteiger partial charge in [0.25, 0.3) is 5.91 Å². The molecule has 0 atom stereocenters. The zero-order valence-electron chi connectivity index (χ0n) is 15.6. The molecule has 0 aliphatic heterocycles. The smallest absolute Gasteiger partial charge is 0.269 e. The van der Waals surface area contributed by atoms with Crippen LogP contribution < -0.4 is 16.6 Å². The highest BCUT2D eigenvalue weighted by Gasteiger charge is 2.13. The van der Waals surface area contributed by atoms with Crippen LogP contribution in [0, 0.1) is 6.92 Å². The Labute approximate surface area is 171 Å². The van der Waals surface area contributed by atoms with E-state index in [4.69, 9.17) is 5.73 Å². The molecule has 29 heavy (non-hydrogen) atoms. The van der Waals surface area contributed by atoms with Crippen LogP contribution in [0.25, 0.3) is 10.9 Å². The van der Waals surface area contributed by atoms with E-state index in [1.807, 2.05) is 49.4 Å². The SMILES string of the molecule is Cc1ccc(C(=O)NNc2ncnc(Sc3cccc4cccnc34)c2N)cc1. The van der Waals surface area contributed by atoms with Gasteiger partial charge in [-0.2, -0.15) is 0 Å².